The number of anilines is 2. The van der Waals surface area contributed by atoms with Crippen LogP contribution in [0.5, 0.6) is 5.75 Å². The van der Waals surface area contributed by atoms with Crippen molar-refractivity contribution in [1.29, 1.82) is 0 Å². The fourth-order valence-corrected chi connectivity index (χ4v) is 2.98. The second kappa shape index (κ2) is 7.80. The summed E-state index contributed by atoms with van der Waals surface area (Å²) in [5.41, 5.74) is -0.0806. The van der Waals surface area contributed by atoms with Gasteiger partial charge in [-0.15, -0.1) is 0 Å². The molecule has 1 aromatic carbocycles. The Morgan fingerprint density at radius 2 is 1.92 bits per heavy atom. The molecule has 26 heavy (non-hydrogen) atoms. The average Bonchev–Trinajstić information content (AvgIpc) is 3.12. The highest BCUT2D eigenvalue weighted by molar-refractivity contribution is 5.44. The topological polar surface area (TPSA) is 59.1 Å². The molecule has 2 aromatic rings. The van der Waals surface area contributed by atoms with E-state index in [1.54, 1.807) is 13.2 Å². The molecule has 1 heterocycles. The highest BCUT2D eigenvalue weighted by atomic mass is 19.4. The van der Waals surface area contributed by atoms with Crippen LogP contribution >= 0.6 is 0 Å². The molecule has 8 heteroatoms. The highest BCUT2D eigenvalue weighted by Gasteiger charge is 2.34. The van der Waals surface area contributed by atoms with Gasteiger partial charge in [-0.2, -0.15) is 18.2 Å². The number of nitrogens with one attached hydrogen (secondary N) is 2. The van der Waals surface area contributed by atoms with Gasteiger partial charge in [0, 0.05) is 18.7 Å². The molecule has 1 aliphatic rings. The Balaban J connectivity index is 1.77. The predicted octanol–water partition coefficient (Wildman–Crippen LogP) is 4.47. The minimum atomic E-state index is -4.53. The molecule has 0 atom stereocenters. The number of rotatable bonds is 6. The molecule has 0 spiro atoms. The largest absolute Gasteiger partial charge is 0.497 e. The van der Waals surface area contributed by atoms with Gasteiger partial charge in [0.1, 0.15) is 11.6 Å². The maximum absolute atomic E-state index is 13.2. The molecule has 0 radical (unpaired) electrons. The highest BCUT2D eigenvalue weighted by Crippen LogP contribution is 2.30. The van der Waals surface area contributed by atoms with Crippen molar-refractivity contribution in [3.8, 4) is 5.75 Å². The number of hydrogen-bond donors (Lipinski definition) is 2. The van der Waals surface area contributed by atoms with E-state index >= 15 is 0 Å². The Labute approximate surface area is 150 Å². The lowest BCUT2D eigenvalue weighted by atomic mass is 10.2. The normalized spacial score (nSPS) is 15.1. The molecular formula is C18H21F3N4O. The first kappa shape index (κ1) is 18.3. The second-order valence-corrected chi connectivity index (χ2v) is 6.29. The molecule has 0 saturated heterocycles. The van der Waals surface area contributed by atoms with Gasteiger partial charge in [0.15, 0.2) is 5.69 Å². The minimum absolute atomic E-state index is 0.0138. The molecular weight excluding hydrogens is 345 g/mol. The smallest absolute Gasteiger partial charge is 0.433 e. The van der Waals surface area contributed by atoms with Gasteiger partial charge in [0.25, 0.3) is 0 Å². The lowest BCUT2D eigenvalue weighted by Crippen LogP contribution is -2.19. The number of nitrogens with zero attached hydrogens (tertiary/aromatic N) is 2. The summed E-state index contributed by atoms with van der Waals surface area (Å²) >= 11 is 0. The van der Waals surface area contributed by atoms with E-state index in [9.17, 15) is 13.2 Å². The molecule has 0 bridgehead atoms. The van der Waals surface area contributed by atoms with Crippen molar-refractivity contribution in [1.82, 2.24) is 9.97 Å². The SMILES string of the molecule is COc1cccc(CNc2cc(C(F)(F)F)nc(NC3CCCC3)n2)c1. The van der Waals surface area contributed by atoms with Gasteiger partial charge in [0.05, 0.1) is 7.11 Å². The summed E-state index contributed by atoms with van der Waals surface area (Å²) < 4.78 is 44.6. The first-order valence-corrected chi connectivity index (χ1v) is 8.53. The van der Waals surface area contributed by atoms with Crippen LogP contribution in [0.15, 0.2) is 30.3 Å². The third-order valence-corrected chi connectivity index (χ3v) is 4.31. The summed E-state index contributed by atoms with van der Waals surface area (Å²) in [4.78, 5) is 7.85. The number of alkyl halides is 3. The molecule has 3 rings (SSSR count). The Morgan fingerprint density at radius 3 is 2.62 bits per heavy atom. The molecule has 0 amide bonds. The molecule has 0 aliphatic heterocycles. The van der Waals surface area contributed by atoms with E-state index in [1.807, 2.05) is 18.2 Å². The van der Waals surface area contributed by atoms with Crippen LogP contribution in [-0.4, -0.2) is 23.1 Å². The lowest BCUT2D eigenvalue weighted by molar-refractivity contribution is -0.141. The summed E-state index contributed by atoms with van der Waals surface area (Å²) in [6.07, 6.45) is -0.547. The molecule has 1 aromatic heterocycles. The van der Waals surface area contributed by atoms with Crippen LogP contribution in [0.25, 0.3) is 0 Å². The Bertz CT molecular complexity index is 745. The van der Waals surface area contributed by atoms with E-state index in [2.05, 4.69) is 20.6 Å². The number of halogens is 3. The number of ether oxygens (including phenoxy) is 1. The van der Waals surface area contributed by atoms with Crippen LogP contribution in [0.4, 0.5) is 24.9 Å². The van der Waals surface area contributed by atoms with E-state index in [0.29, 0.717) is 12.3 Å². The van der Waals surface area contributed by atoms with Crippen LogP contribution < -0.4 is 15.4 Å². The molecule has 5 nitrogen and oxygen atoms in total. The fourth-order valence-electron chi connectivity index (χ4n) is 2.98. The lowest BCUT2D eigenvalue weighted by Gasteiger charge is -2.16. The van der Waals surface area contributed by atoms with E-state index < -0.39 is 11.9 Å². The fraction of sp³-hybridized carbons (Fsp3) is 0.444. The first-order chi connectivity index (χ1) is 12.4. The Morgan fingerprint density at radius 1 is 1.15 bits per heavy atom. The zero-order valence-corrected chi connectivity index (χ0v) is 14.4. The van der Waals surface area contributed by atoms with Crippen molar-refractivity contribution in [2.45, 2.75) is 44.4 Å². The molecule has 1 saturated carbocycles. The van der Waals surface area contributed by atoms with Crippen LogP contribution in [0, 0.1) is 0 Å². The van der Waals surface area contributed by atoms with Gasteiger partial charge in [-0.3, -0.25) is 0 Å². The molecule has 140 valence electrons. The van der Waals surface area contributed by atoms with Crippen molar-refractivity contribution in [3.63, 3.8) is 0 Å². The Hall–Kier alpha value is -2.51. The molecule has 1 aliphatic carbocycles. The first-order valence-electron chi connectivity index (χ1n) is 8.53. The van der Waals surface area contributed by atoms with Crippen molar-refractivity contribution >= 4 is 11.8 Å². The van der Waals surface area contributed by atoms with Gasteiger partial charge >= 0.3 is 6.18 Å². The third-order valence-electron chi connectivity index (χ3n) is 4.31. The van der Waals surface area contributed by atoms with Gasteiger partial charge in [0.2, 0.25) is 5.95 Å². The zero-order valence-electron chi connectivity index (χ0n) is 14.4. The van der Waals surface area contributed by atoms with E-state index in [4.69, 9.17) is 4.74 Å². The summed E-state index contributed by atoms with van der Waals surface area (Å²) in [5.74, 6) is 0.835. The van der Waals surface area contributed by atoms with Gasteiger partial charge in [-0.1, -0.05) is 25.0 Å². The summed E-state index contributed by atoms with van der Waals surface area (Å²) in [6, 6.07) is 8.36. The van der Waals surface area contributed by atoms with Crippen molar-refractivity contribution in [2.24, 2.45) is 0 Å². The van der Waals surface area contributed by atoms with E-state index in [-0.39, 0.29) is 17.8 Å². The average molecular weight is 366 g/mol. The van der Waals surface area contributed by atoms with Gasteiger partial charge < -0.3 is 15.4 Å². The van der Waals surface area contributed by atoms with E-state index in [0.717, 1.165) is 37.3 Å². The van der Waals surface area contributed by atoms with Crippen molar-refractivity contribution < 1.29 is 17.9 Å². The number of benzene rings is 1. The maximum atomic E-state index is 13.2. The van der Waals surface area contributed by atoms with Gasteiger partial charge in [-0.25, -0.2) is 4.98 Å². The summed E-state index contributed by atoms with van der Waals surface area (Å²) in [6.45, 7) is 0.328. The number of hydrogen-bond acceptors (Lipinski definition) is 5. The van der Waals surface area contributed by atoms with E-state index in [1.165, 1.54) is 0 Å². The van der Waals surface area contributed by atoms with Crippen LogP contribution in [0.3, 0.4) is 0 Å². The standard InChI is InChI=1S/C18H21F3N4O/c1-26-14-8-4-5-12(9-14)11-22-16-10-15(18(19,20)21)24-17(25-16)23-13-6-2-3-7-13/h4-5,8-10,13H,2-3,6-7,11H2,1H3,(H2,22,23,24,25). The van der Waals surface area contributed by atoms with Gasteiger partial charge in [-0.05, 0) is 30.5 Å². The molecule has 1 fully saturated rings. The predicted molar refractivity (Wildman–Crippen MR) is 93.2 cm³/mol. The molecule has 2 N–H and O–H groups in total. The Kier molecular flexibility index (Phi) is 5.49. The number of aromatic nitrogens is 2. The zero-order chi connectivity index (χ0) is 18.6. The molecule has 0 unspecified atom stereocenters. The number of methoxy groups -OCH3 is 1. The third kappa shape index (κ3) is 4.77. The second-order valence-electron chi connectivity index (χ2n) is 6.29. The monoisotopic (exact) mass is 366 g/mol. The maximum Gasteiger partial charge on any atom is 0.433 e. The van der Waals surface area contributed by atoms with Crippen molar-refractivity contribution in [2.75, 3.05) is 17.7 Å². The van der Waals surface area contributed by atoms with Crippen LogP contribution in [0.1, 0.15) is 36.9 Å². The summed E-state index contributed by atoms with van der Waals surface area (Å²) in [5, 5.41) is 5.97. The quantitative estimate of drug-likeness (QED) is 0.790. The summed E-state index contributed by atoms with van der Waals surface area (Å²) in [7, 11) is 1.56. The van der Waals surface area contributed by atoms with Crippen molar-refractivity contribution in [3.05, 3.63) is 41.6 Å². The van der Waals surface area contributed by atoms with Crippen LogP contribution in [-0.2, 0) is 12.7 Å². The van der Waals surface area contributed by atoms with Crippen LogP contribution in [0.2, 0.25) is 0 Å². The minimum Gasteiger partial charge on any atom is -0.497 e.